The van der Waals surface area contributed by atoms with Crippen LogP contribution < -0.4 is 4.74 Å². The smallest absolute Gasteiger partial charge is 0.260 e. The molecule has 110 valence electrons. The fraction of sp³-hybridized carbons (Fsp3) is 0.533. The number of ether oxygens (including phenoxy) is 1. The van der Waals surface area contributed by atoms with Crippen LogP contribution in [-0.2, 0) is 4.79 Å². The van der Waals surface area contributed by atoms with Crippen LogP contribution in [0.25, 0.3) is 0 Å². The van der Waals surface area contributed by atoms with Gasteiger partial charge in [-0.2, -0.15) is 0 Å². The van der Waals surface area contributed by atoms with E-state index in [2.05, 4.69) is 0 Å². The van der Waals surface area contributed by atoms with Crippen molar-refractivity contribution in [2.75, 3.05) is 13.2 Å². The maximum Gasteiger partial charge on any atom is 0.260 e. The van der Waals surface area contributed by atoms with Gasteiger partial charge < -0.3 is 14.7 Å². The molecule has 1 fully saturated rings. The number of hydrogen-bond donors (Lipinski definition) is 1. The van der Waals surface area contributed by atoms with E-state index in [1.54, 1.807) is 11.8 Å². The molecule has 20 heavy (non-hydrogen) atoms. The molecule has 0 saturated heterocycles. The van der Waals surface area contributed by atoms with Crippen LogP contribution in [-0.4, -0.2) is 35.1 Å². The normalized spacial score (nSPS) is 15.8. The van der Waals surface area contributed by atoms with Crippen molar-refractivity contribution in [3.63, 3.8) is 0 Å². The highest BCUT2D eigenvalue weighted by Crippen LogP contribution is 2.28. The van der Waals surface area contributed by atoms with Gasteiger partial charge in [0, 0.05) is 24.2 Å². The van der Waals surface area contributed by atoms with Crippen molar-refractivity contribution in [3.8, 4) is 5.75 Å². The second-order valence-corrected chi connectivity index (χ2v) is 5.06. The van der Waals surface area contributed by atoms with Crippen LogP contribution in [0.15, 0.2) is 18.2 Å². The van der Waals surface area contributed by atoms with Gasteiger partial charge in [0.05, 0.1) is 6.10 Å². The van der Waals surface area contributed by atoms with E-state index in [1.165, 1.54) is 18.2 Å². The third kappa shape index (κ3) is 3.48. The van der Waals surface area contributed by atoms with Gasteiger partial charge in [-0.25, -0.2) is 4.39 Å². The molecule has 0 heterocycles. The predicted molar refractivity (Wildman–Crippen MR) is 72.9 cm³/mol. The molecular weight excluding hydrogens is 261 g/mol. The summed E-state index contributed by atoms with van der Waals surface area (Å²) in [6, 6.07) is 4.26. The summed E-state index contributed by atoms with van der Waals surface area (Å²) in [7, 11) is 0. The molecule has 0 aromatic heterocycles. The molecule has 1 amide bonds. The molecule has 0 spiro atoms. The van der Waals surface area contributed by atoms with E-state index in [1.807, 2.05) is 6.92 Å². The predicted octanol–water partition coefficient (Wildman–Crippen LogP) is 2.27. The van der Waals surface area contributed by atoms with Crippen molar-refractivity contribution in [3.05, 3.63) is 29.6 Å². The summed E-state index contributed by atoms with van der Waals surface area (Å²) >= 11 is 0. The second kappa shape index (κ2) is 6.22. The van der Waals surface area contributed by atoms with Crippen molar-refractivity contribution in [1.82, 2.24) is 4.90 Å². The largest absolute Gasteiger partial charge is 0.483 e. The zero-order chi connectivity index (χ0) is 14.7. The number of carbonyl (C=O) groups excluding carboxylic acids is 1. The van der Waals surface area contributed by atoms with Gasteiger partial charge >= 0.3 is 0 Å². The number of rotatable bonds is 6. The Bertz CT molecular complexity index is 486. The quantitative estimate of drug-likeness (QED) is 0.870. The molecule has 4 nitrogen and oxygen atoms in total. The lowest BCUT2D eigenvalue weighted by atomic mass is 10.1. The van der Waals surface area contributed by atoms with E-state index < -0.39 is 11.9 Å². The highest BCUT2D eigenvalue weighted by Gasteiger charge is 2.31. The highest BCUT2D eigenvalue weighted by atomic mass is 19.1. The lowest BCUT2D eigenvalue weighted by Gasteiger charge is -2.21. The summed E-state index contributed by atoms with van der Waals surface area (Å²) < 4.78 is 18.7. The highest BCUT2D eigenvalue weighted by molar-refractivity contribution is 5.78. The van der Waals surface area contributed by atoms with E-state index in [9.17, 15) is 14.3 Å². The average Bonchev–Trinajstić information content (AvgIpc) is 3.21. The fourth-order valence-corrected chi connectivity index (χ4v) is 2.23. The van der Waals surface area contributed by atoms with Crippen LogP contribution in [0.3, 0.4) is 0 Å². The van der Waals surface area contributed by atoms with Gasteiger partial charge in [0.2, 0.25) is 0 Å². The van der Waals surface area contributed by atoms with Gasteiger partial charge in [0.1, 0.15) is 11.6 Å². The zero-order valence-corrected chi connectivity index (χ0v) is 11.8. The maximum absolute atomic E-state index is 13.2. The van der Waals surface area contributed by atoms with E-state index in [4.69, 9.17) is 4.74 Å². The van der Waals surface area contributed by atoms with Gasteiger partial charge in [-0.15, -0.1) is 0 Å². The number of aliphatic hydroxyl groups excluding tert-OH is 1. The van der Waals surface area contributed by atoms with Gasteiger partial charge in [-0.3, -0.25) is 4.79 Å². The number of benzene rings is 1. The first kappa shape index (κ1) is 14.8. The molecule has 0 bridgehead atoms. The standard InChI is InChI=1S/C15H20FNO3/c1-3-17(12-5-6-12)15(19)9-20-14-8-11(16)4-7-13(14)10(2)18/h4,7-8,10,12,18H,3,5-6,9H2,1-2H3/t10-/m1/s1. The van der Waals surface area contributed by atoms with Crippen molar-refractivity contribution in [1.29, 1.82) is 0 Å². The van der Waals surface area contributed by atoms with Crippen LogP contribution >= 0.6 is 0 Å². The Morgan fingerprint density at radius 2 is 2.25 bits per heavy atom. The van der Waals surface area contributed by atoms with Gasteiger partial charge in [-0.05, 0) is 38.8 Å². The van der Waals surface area contributed by atoms with Gasteiger partial charge in [0.25, 0.3) is 5.91 Å². The number of hydrogen-bond acceptors (Lipinski definition) is 3. The Morgan fingerprint density at radius 1 is 1.55 bits per heavy atom. The third-order valence-corrected chi connectivity index (χ3v) is 3.43. The Labute approximate surface area is 118 Å². The van der Waals surface area contributed by atoms with E-state index in [0.717, 1.165) is 12.8 Å². The summed E-state index contributed by atoms with van der Waals surface area (Å²) in [5, 5.41) is 9.62. The maximum atomic E-state index is 13.2. The third-order valence-electron chi connectivity index (χ3n) is 3.43. The summed E-state index contributed by atoms with van der Waals surface area (Å²) in [4.78, 5) is 13.8. The van der Waals surface area contributed by atoms with Crippen LogP contribution in [0.1, 0.15) is 38.4 Å². The number of likely N-dealkylation sites (N-methyl/N-ethyl adjacent to an activating group) is 1. The fourth-order valence-electron chi connectivity index (χ4n) is 2.23. The Balaban J connectivity index is 2.02. The van der Waals surface area contributed by atoms with Crippen LogP contribution in [0.2, 0.25) is 0 Å². The molecule has 0 aliphatic heterocycles. The van der Waals surface area contributed by atoms with Gasteiger partial charge in [-0.1, -0.05) is 0 Å². The molecule has 1 aliphatic carbocycles. The Morgan fingerprint density at radius 3 is 2.80 bits per heavy atom. The van der Waals surface area contributed by atoms with E-state index in [0.29, 0.717) is 18.2 Å². The molecule has 2 rings (SSSR count). The number of carbonyl (C=O) groups is 1. The number of nitrogens with zero attached hydrogens (tertiary/aromatic N) is 1. The van der Waals surface area contributed by atoms with E-state index in [-0.39, 0.29) is 18.3 Å². The molecule has 1 aromatic carbocycles. The molecule has 0 unspecified atom stereocenters. The number of halogens is 1. The van der Waals surface area contributed by atoms with Crippen LogP contribution in [0.5, 0.6) is 5.75 Å². The topological polar surface area (TPSA) is 49.8 Å². The zero-order valence-electron chi connectivity index (χ0n) is 11.8. The van der Waals surface area contributed by atoms with Crippen molar-refractivity contribution in [2.24, 2.45) is 0 Å². The first-order chi connectivity index (χ1) is 9.52. The van der Waals surface area contributed by atoms with Gasteiger partial charge in [0.15, 0.2) is 6.61 Å². The molecule has 5 heteroatoms. The lowest BCUT2D eigenvalue weighted by Crippen LogP contribution is -2.36. The average molecular weight is 281 g/mol. The monoisotopic (exact) mass is 281 g/mol. The number of amides is 1. The Hall–Kier alpha value is -1.62. The minimum Gasteiger partial charge on any atom is -0.483 e. The SMILES string of the molecule is CCN(C(=O)COc1cc(F)ccc1[C@@H](C)O)C1CC1. The first-order valence-electron chi connectivity index (χ1n) is 6.92. The minimum atomic E-state index is -0.772. The molecule has 1 aliphatic rings. The summed E-state index contributed by atoms with van der Waals surface area (Å²) in [5.41, 5.74) is 0.480. The molecule has 1 aromatic rings. The lowest BCUT2D eigenvalue weighted by molar-refractivity contribution is -0.133. The second-order valence-electron chi connectivity index (χ2n) is 5.06. The molecular formula is C15H20FNO3. The summed E-state index contributed by atoms with van der Waals surface area (Å²) in [6.45, 7) is 4.02. The summed E-state index contributed by atoms with van der Waals surface area (Å²) in [6.07, 6.45) is 1.31. The molecule has 1 N–H and O–H groups in total. The van der Waals surface area contributed by atoms with E-state index >= 15 is 0 Å². The van der Waals surface area contributed by atoms with Crippen LogP contribution in [0.4, 0.5) is 4.39 Å². The van der Waals surface area contributed by atoms with Crippen LogP contribution in [0, 0.1) is 5.82 Å². The molecule has 1 atom stereocenters. The van der Waals surface area contributed by atoms with Crippen molar-refractivity contribution in [2.45, 2.75) is 38.8 Å². The minimum absolute atomic E-state index is 0.101. The molecule has 1 saturated carbocycles. The number of aliphatic hydroxyl groups is 1. The Kier molecular flexibility index (Phi) is 4.60. The van der Waals surface area contributed by atoms with Crippen molar-refractivity contribution >= 4 is 5.91 Å². The summed E-state index contributed by atoms with van der Waals surface area (Å²) in [5.74, 6) is -0.331. The molecule has 0 radical (unpaired) electrons. The van der Waals surface area contributed by atoms with Crippen molar-refractivity contribution < 1.29 is 19.0 Å². The first-order valence-corrected chi connectivity index (χ1v) is 6.92.